The van der Waals surface area contributed by atoms with Gasteiger partial charge in [-0.1, -0.05) is 17.7 Å². The van der Waals surface area contributed by atoms with Crippen LogP contribution in [-0.4, -0.2) is 33.8 Å². The quantitative estimate of drug-likeness (QED) is 0.734. The molecule has 1 N–H and O–H groups in total. The molecule has 2 aliphatic carbocycles. The zero-order chi connectivity index (χ0) is 21.1. The minimum atomic E-state index is 0.0233. The van der Waals surface area contributed by atoms with Gasteiger partial charge in [-0.25, -0.2) is 0 Å². The van der Waals surface area contributed by atoms with Gasteiger partial charge in [0.25, 0.3) is 0 Å². The first-order valence-electron chi connectivity index (χ1n) is 10.5. The van der Waals surface area contributed by atoms with E-state index in [1.807, 2.05) is 24.3 Å². The van der Waals surface area contributed by atoms with Gasteiger partial charge < -0.3 is 19.5 Å². The zero-order valence-electron chi connectivity index (χ0n) is 17.9. The molecule has 0 aromatic heterocycles. The van der Waals surface area contributed by atoms with Crippen LogP contribution in [0.1, 0.15) is 48.3 Å². The fourth-order valence-corrected chi connectivity index (χ4v) is 4.73. The lowest BCUT2D eigenvalue weighted by Gasteiger charge is -2.21. The molecule has 0 bridgehead atoms. The molecule has 5 heteroatoms. The lowest BCUT2D eigenvalue weighted by atomic mass is 9.87. The highest BCUT2D eigenvalue weighted by Crippen LogP contribution is 2.51. The Morgan fingerprint density at radius 3 is 2.53 bits per heavy atom. The lowest BCUT2D eigenvalue weighted by molar-refractivity contribution is -0.120. The number of carbonyl (C=O) groups excluding carboxylic acids is 1. The number of amides is 1. The van der Waals surface area contributed by atoms with E-state index in [4.69, 9.17) is 14.2 Å². The van der Waals surface area contributed by atoms with E-state index in [0.29, 0.717) is 13.0 Å². The highest BCUT2D eigenvalue weighted by Gasteiger charge is 2.34. The minimum Gasteiger partial charge on any atom is -0.497 e. The topological polar surface area (TPSA) is 56.8 Å². The maximum absolute atomic E-state index is 12.7. The van der Waals surface area contributed by atoms with Crippen molar-refractivity contribution in [3.05, 3.63) is 58.7 Å². The summed E-state index contributed by atoms with van der Waals surface area (Å²) in [5.41, 5.74) is 6.34. The number of allylic oxidation sites excluding steroid dienone is 1. The normalized spacial score (nSPS) is 17.2. The zero-order valence-corrected chi connectivity index (χ0v) is 17.9. The van der Waals surface area contributed by atoms with Crippen molar-refractivity contribution in [1.82, 2.24) is 5.32 Å². The number of benzene rings is 2. The predicted octanol–water partition coefficient (Wildman–Crippen LogP) is 4.50. The van der Waals surface area contributed by atoms with Gasteiger partial charge in [0, 0.05) is 12.5 Å². The van der Waals surface area contributed by atoms with Crippen LogP contribution in [0.15, 0.2) is 42.0 Å². The van der Waals surface area contributed by atoms with Gasteiger partial charge in [0.05, 0.1) is 27.8 Å². The van der Waals surface area contributed by atoms with Crippen molar-refractivity contribution in [2.45, 2.75) is 38.0 Å². The summed E-state index contributed by atoms with van der Waals surface area (Å²) in [5.74, 6) is 2.49. The molecule has 0 fully saturated rings. The molecule has 5 nitrogen and oxygen atoms in total. The molecule has 1 amide bonds. The SMILES string of the molecule is COc1cccc(CC(=O)NC[C@@H]2C3=C(CCCC3)c3cc(OC)c(OC)cc32)c1. The van der Waals surface area contributed by atoms with Gasteiger partial charge in [-0.3, -0.25) is 4.79 Å². The molecule has 0 unspecified atom stereocenters. The second-order valence-corrected chi connectivity index (χ2v) is 7.89. The summed E-state index contributed by atoms with van der Waals surface area (Å²) in [6.07, 6.45) is 4.93. The number of methoxy groups -OCH3 is 3. The van der Waals surface area contributed by atoms with Gasteiger partial charge in [-0.2, -0.15) is 0 Å². The Kier molecular flexibility index (Phi) is 5.98. The third kappa shape index (κ3) is 3.89. The molecule has 0 aliphatic heterocycles. The van der Waals surface area contributed by atoms with Crippen LogP contribution in [0.3, 0.4) is 0 Å². The number of rotatable bonds is 7. The van der Waals surface area contributed by atoms with Crippen LogP contribution < -0.4 is 19.5 Å². The van der Waals surface area contributed by atoms with Crippen LogP contribution in [0.2, 0.25) is 0 Å². The fourth-order valence-electron chi connectivity index (χ4n) is 4.73. The van der Waals surface area contributed by atoms with Gasteiger partial charge in [0.1, 0.15) is 5.75 Å². The predicted molar refractivity (Wildman–Crippen MR) is 117 cm³/mol. The number of carbonyl (C=O) groups is 1. The number of ether oxygens (including phenoxy) is 3. The molecule has 4 rings (SSSR count). The second-order valence-electron chi connectivity index (χ2n) is 7.89. The molecule has 158 valence electrons. The molecule has 2 aliphatic rings. The maximum Gasteiger partial charge on any atom is 0.224 e. The first-order valence-corrected chi connectivity index (χ1v) is 10.5. The van der Waals surface area contributed by atoms with Crippen molar-refractivity contribution < 1.29 is 19.0 Å². The molecule has 2 aromatic carbocycles. The third-order valence-electron chi connectivity index (χ3n) is 6.19. The standard InChI is InChI=1S/C25H29NO4/c1-28-17-8-6-7-16(11-17)12-25(27)26-15-22-19-10-5-4-9-18(19)20-13-23(29-2)24(30-3)14-21(20)22/h6-8,11,13-14,22H,4-5,9-10,12,15H2,1-3H3,(H,26,27)/t22-/m1/s1. The van der Waals surface area contributed by atoms with Crippen molar-refractivity contribution in [2.24, 2.45) is 0 Å². The van der Waals surface area contributed by atoms with Crippen LogP contribution in [0.5, 0.6) is 17.2 Å². The molecule has 30 heavy (non-hydrogen) atoms. The average Bonchev–Trinajstić information content (AvgIpc) is 3.09. The van der Waals surface area contributed by atoms with E-state index in [-0.39, 0.29) is 11.8 Å². The molecule has 0 saturated heterocycles. The molecule has 0 radical (unpaired) electrons. The maximum atomic E-state index is 12.7. The average molecular weight is 408 g/mol. The largest absolute Gasteiger partial charge is 0.497 e. The van der Waals surface area contributed by atoms with Crippen LogP contribution in [0, 0.1) is 0 Å². The number of fused-ring (bicyclic) bond motifs is 2. The van der Waals surface area contributed by atoms with Gasteiger partial charge in [0.2, 0.25) is 5.91 Å². The van der Waals surface area contributed by atoms with Crippen molar-refractivity contribution >= 4 is 11.5 Å². The Labute approximate surface area is 178 Å². The number of nitrogens with one attached hydrogen (secondary N) is 1. The molecule has 1 atom stereocenters. The van der Waals surface area contributed by atoms with E-state index in [2.05, 4.69) is 17.4 Å². The van der Waals surface area contributed by atoms with Gasteiger partial charge in [0.15, 0.2) is 11.5 Å². The molecule has 0 heterocycles. The summed E-state index contributed by atoms with van der Waals surface area (Å²) in [4.78, 5) is 12.7. The highest BCUT2D eigenvalue weighted by molar-refractivity contribution is 5.82. The smallest absolute Gasteiger partial charge is 0.224 e. The molecular formula is C25H29NO4. The lowest BCUT2D eigenvalue weighted by Crippen LogP contribution is -2.30. The Morgan fingerprint density at radius 1 is 1.00 bits per heavy atom. The van der Waals surface area contributed by atoms with Crippen LogP contribution in [0.4, 0.5) is 0 Å². The third-order valence-corrected chi connectivity index (χ3v) is 6.19. The summed E-state index contributed by atoms with van der Waals surface area (Å²) in [5, 5.41) is 3.16. The van der Waals surface area contributed by atoms with Crippen LogP contribution in [0.25, 0.3) is 5.57 Å². The Hall–Kier alpha value is -2.95. The summed E-state index contributed by atoms with van der Waals surface area (Å²) >= 11 is 0. The van der Waals surface area contributed by atoms with Gasteiger partial charge >= 0.3 is 0 Å². The van der Waals surface area contributed by atoms with Crippen LogP contribution >= 0.6 is 0 Å². The highest BCUT2D eigenvalue weighted by atomic mass is 16.5. The Morgan fingerprint density at radius 2 is 1.77 bits per heavy atom. The molecule has 0 saturated carbocycles. The van der Waals surface area contributed by atoms with E-state index in [1.165, 1.54) is 35.1 Å². The van der Waals surface area contributed by atoms with E-state index in [1.54, 1.807) is 21.3 Å². The van der Waals surface area contributed by atoms with E-state index < -0.39 is 0 Å². The van der Waals surface area contributed by atoms with E-state index in [0.717, 1.165) is 35.7 Å². The van der Waals surface area contributed by atoms with Crippen molar-refractivity contribution in [3.8, 4) is 17.2 Å². The molecular weight excluding hydrogens is 378 g/mol. The van der Waals surface area contributed by atoms with E-state index >= 15 is 0 Å². The Balaban J connectivity index is 1.53. The van der Waals surface area contributed by atoms with E-state index in [9.17, 15) is 4.79 Å². The van der Waals surface area contributed by atoms with Crippen molar-refractivity contribution in [1.29, 1.82) is 0 Å². The number of hydrogen-bond acceptors (Lipinski definition) is 4. The summed E-state index contributed by atoms with van der Waals surface area (Å²) in [6.45, 7) is 0.601. The first kappa shape index (κ1) is 20.3. The van der Waals surface area contributed by atoms with Gasteiger partial charge in [-0.05, 0) is 72.2 Å². The molecule has 0 spiro atoms. The second kappa shape index (κ2) is 8.82. The fraction of sp³-hybridized carbons (Fsp3) is 0.400. The molecule has 2 aromatic rings. The van der Waals surface area contributed by atoms with Gasteiger partial charge in [-0.15, -0.1) is 0 Å². The minimum absolute atomic E-state index is 0.0233. The Bertz CT molecular complexity index is 979. The van der Waals surface area contributed by atoms with Crippen molar-refractivity contribution in [2.75, 3.05) is 27.9 Å². The number of hydrogen-bond donors (Lipinski definition) is 1. The summed E-state index contributed by atoms with van der Waals surface area (Å²) in [7, 11) is 4.97. The summed E-state index contributed by atoms with van der Waals surface area (Å²) in [6, 6.07) is 11.8. The summed E-state index contributed by atoms with van der Waals surface area (Å²) < 4.78 is 16.3. The van der Waals surface area contributed by atoms with Crippen molar-refractivity contribution in [3.63, 3.8) is 0 Å². The monoisotopic (exact) mass is 407 g/mol. The first-order chi connectivity index (χ1) is 14.6. The van der Waals surface area contributed by atoms with Crippen LogP contribution in [-0.2, 0) is 11.2 Å².